The van der Waals surface area contributed by atoms with Gasteiger partial charge in [-0.2, -0.15) is 0 Å². The summed E-state index contributed by atoms with van der Waals surface area (Å²) in [6.07, 6.45) is 1.79. The lowest BCUT2D eigenvalue weighted by Gasteiger charge is -1.95. The van der Waals surface area contributed by atoms with Crippen LogP contribution >= 0.6 is 77.5 Å². The van der Waals surface area contributed by atoms with Gasteiger partial charge in [-0.1, -0.05) is 59.2 Å². The topological polar surface area (TPSA) is 12.9 Å². The maximum atomic E-state index is 5.72. The van der Waals surface area contributed by atoms with Crippen molar-refractivity contribution in [2.45, 2.75) is 66.2 Å². The van der Waals surface area contributed by atoms with Gasteiger partial charge in [0.15, 0.2) is 0 Å². The molecule has 4 rings (SSSR count). The molecule has 0 atom stereocenters. The van der Waals surface area contributed by atoms with Crippen LogP contribution in [-0.2, 0) is 0 Å². The molecule has 0 aromatic carbocycles. The summed E-state index contributed by atoms with van der Waals surface area (Å²) in [5, 5.41) is 2.12. The molecule has 186 valence electrons. The number of aryl methyl sites for hydroxylation is 1. The largest absolute Gasteiger partial charge is 0.260 e. The molecule has 0 saturated carbocycles. The normalized spacial score (nSPS) is 10.3. The van der Waals surface area contributed by atoms with Gasteiger partial charge in [0.25, 0.3) is 0 Å². The Labute approximate surface area is 239 Å². The first kappa shape index (κ1) is 31.5. The maximum absolute atomic E-state index is 5.72. The molecule has 0 N–H and O–H groups in total. The van der Waals surface area contributed by atoms with E-state index in [1.54, 1.807) is 17.5 Å². The summed E-state index contributed by atoms with van der Waals surface area (Å²) in [6.45, 7) is 15.1. The number of pyridine rings is 1. The number of hydrogen-bond donors (Lipinski definition) is 0. The minimum absolute atomic E-state index is 0.613. The van der Waals surface area contributed by atoms with E-state index in [4.69, 9.17) is 11.6 Å². The van der Waals surface area contributed by atoms with Gasteiger partial charge in [0.2, 0.25) is 0 Å². The molecule has 0 unspecified atom stereocenters. The number of aromatic nitrogens is 1. The van der Waals surface area contributed by atoms with Crippen molar-refractivity contribution in [1.82, 2.24) is 4.98 Å². The number of nitrogens with zero attached hydrogens (tertiary/aromatic N) is 1. The lowest BCUT2D eigenvalue weighted by atomic mass is 10.2. The van der Waals surface area contributed by atoms with Crippen LogP contribution in [0.5, 0.6) is 0 Å². The van der Waals surface area contributed by atoms with Crippen LogP contribution in [0.15, 0.2) is 68.4 Å². The third-order valence-electron chi connectivity index (χ3n) is 4.31. The number of rotatable bonds is 3. The fraction of sp³-hybridized carbons (Fsp3) is 0.370. The van der Waals surface area contributed by atoms with Gasteiger partial charge < -0.3 is 0 Å². The van der Waals surface area contributed by atoms with Crippen molar-refractivity contribution in [3.05, 3.63) is 93.0 Å². The quantitative estimate of drug-likeness (QED) is 0.213. The Kier molecular flexibility index (Phi) is 15.8. The van der Waals surface area contributed by atoms with Crippen LogP contribution in [0.25, 0.3) is 0 Å². The van der Waals surface area contributed by atoms with E-state index in [0.29, 0.717) is 17.8 Å². The molecule has 4 aromatic rings. The highest BCUT2D eigenvalue weighted by Gasteiger charge is 2.01. The van der Waals surface area contributed by atoms with E-state index in [2.05, 4.69) is 114 Å². The smallest absolute Gasteiger partial charge is 0.0931 e. The average molecular weight is 664 g/mol. The van der Waals surface area contributed by atoms with Gasteiger partial charge in [-0.05, 0) is 104 Å². The molecule has 0 aliphatic heterocycles. The van der Waals surface area contributed by atoms with Crippen LogP contribution in [-0.4, -0.2) is 4.98 Å². The van der Waals surface area contributed by atoms with E-state index in [1.165, 1.54) is 18.4 Å². The summed E-state index contributed by atoms with van der Waals surface area (Å²) >= 11 is 17.7. The zero-order valence-corrected chi connectivity index (χ0v) is 27.2. The standard InChI is InChI=1S/C7H9BrS.C7H9ClS.C7H10S.C6H6BrN/c2*1-5(2)6-3-4-7(8)9-6;1-6(2)7-4-3-5-8-7;1-5-2-3-6(7)4-8-5/h2*3-5H,1-2H3;3-6H,1-2H3;2-4H,1H3. The molecule has 0 amide bonds. The SMILES string of the molecule is CC(C)c1ccc(Br)s1.CC(C)c1ccc(Cl)s1.CC(C)c1cccs1.Cc1ccc(Br)cn1. The third-order valence-corrected chi connectivity index (χ3v) is 9.41. The average Bonchev–Trinajstić information content (AvgIpc) is 3.53. The minimum atomic E-state index is 0.613. The first-order valence-corrected chi connectivity index (χ1v) is 15.6. The zero-order chi connectivity index (χ0) is 25.7. The Balaban J connectivity index is 0.000000227. The summed E-state index contributed by atoms with van der Waals surface area (Å²) in [6, 6.07) is 16.5. The lowest BCUT2D eigenvalue weighted by molar-refractivity contribution is 0.890. The molecule has 0 fully saturated rings. The predicted octanol–water partition coefficient (Wildman–Crippen LogP) is 12.2. The van der Waals surface area contributed by atoms with Gasteiger partial charge in [0.05, 0.1) is 8.12 Å². The van der Waals surface area contributed by atoms with E-state index >= 15 is 0 Å². The van der Waals surface area contributed by atoms with Gasteiger partial charge in [-0.25, -0.2) is 0 Å². The van der Waals surface area contributed by atoms with Gasteiger partial charge >= 0.3 is 0 Å². The Morgan fingerprint density at radius 3 is 1.59 bits per heavy atom. The molecule has 0 spiro atoms. The zero-order valence-electron chi connectivity index (χ0n) is 20.8. The Morgan fingerprint density at radius 2 is 1.32 bits per heavy atom. The molecule has 0 aliphatic carbocycles. The van der Waals surface area contributed by atoms with E-state index < -0.39 is 0 Å². The first-order chi connectivity index (χ1) is 16.0. The summed E-state index contributed by atoms with van der Waals surface area (Å²) in [5.74, 6) is 1.98. The van der Waals surface area contributed by atoms with E-state index in [9.17, 15) is 0 Å². The molecule has 0 radical (unpaired) electrons. The van der Waals surface area contributed by atoms with Crippen molar-refractivity contribution in [2.24, 2.45) is 0 Å². The van der Waals surface area contributed by atoms with Crippen molar-refractivity contribution >= 4 is 77.5 Å². The Morgan fingerprint density at radius 1 is 0.735 bits per heavy atom. The van der Waals surface area contributed by atoms with Crippen LogP contribution in [0.1, 0.15) is 79.6 Å². The Hall–Kier alpha value is -0.500. The van der Waals surface area contributed by atoms with Gasteiger partial charge in [0.1, 0.15) is 0 Å². The molecule has 34 heavy (non-hydrogen) atoms. The molecule has 4 aromatic heterocycles. The molecular formula is C27H34Br2ClNS3. The predicted molar refractivity (Wildman–Crippen MR) is 165 cm³/mol. The molecule has 4 heterocycles. The lowest BCUT2D eigenvalue weighted by Crippen LogP contribution is -1.77. The highest BCUT2D eigenvalue weighted by Crippen LogP contribution is 2.28. The van der Waals surface area contributed by atoms with Crippen molar-refractivity contribution in [3.63, 3.8) is 0 Å². The van der Waals surface area contributed by atoms with Crippen LogP contribution in [0.2, 0.25) is 4.34 Å². The molecule has 0 aliphatic rings. The minimum Gasteiger partial charge on any atom is -0.260 e. The molecule has 0 bridgehead atoms. The van der Waals surface area contributed by atoms with Gasteiger partial charge in [-0.15, -0.1) is 34.0 Å². The van der Waals surface area contributed by atoms with E-state index in [1.807, 2.05) is 47.8 Å². The second-order valence-electron chi connectivity index (χ2n) is 8.38. The molecular weight excluding hydrogens is 630 g/mol. The fourth-order valence-electron chi connectivity index (χ4n) is 2.35. The monoisotopic (exact) mass is 661 g/mol. The highest BCUT2D eigenvalue weighted by atomic mass is 79.9. The third kappa shape index (κ3) is 13.6. The second-order valence-corrected chi connectivity index (χ2v) is 14.5. The highest BCUT2D eigenvalue weighted by molar-refractivity contribution is 9.11. The van der Waals surface area contributed by atoms with Crippen molar-refractivity contribution < 1.29 is 0 Å². The summed E-state index contributed by atoms with van der Waals surface area (Å²) < 4.78 is 3.15. The maximum Gasteiger partial charge on any atom is 0.0931 e. The van der Waals surface area contributed by atoms with Gasteiger partial charge in [-0.3, -0.25) is 4.98 Å². The molecule has 0 saturated heterocycles. The number of halogens is 3. The Bertz CT molecular complexity index is 971. The second kappa shape index (κ2) is 17.0. The molecule has 7 heteroatoms. The van der Waals surface area contributed by atoms with Crippen LogP contribution in [0.4, 0.5) is 0 Å². The van der Waals surface area contributed by atoms with Crippen molar-refractivity contribution in [1.29, 1.82) is 0 Å². The van der Waals surface area contributed by atoms with Gasteiger partial charge in [0, 0.05) is 31.0 Å². The van der Waals surface area contributed by atoms with Crippen LogP contribution in [0.3, 0.4) is 0 Å². The van der Waals surface area contributed by atoms with E-state index in [-0.39, 0.29) is 0 Å². The number of thiophene rings is 3. The summed E-state index contributed by atoms with van der Waals surface area (Å²) in [4.78, 5) is 8.32. The number of hydrogen-bond acceptors (Lipinski definition) is 4. The first-order valence-electron chi connectivity index (χ1n) is 11.1. The summed E-state index contributed by atoms with van der Waals surface area (Å²) in [7, 11) is 0. The van der Waals surface area contributed by atoms with E-state index in [0.717, 1.165) is 14.5 Å². The fourth-order valence-corrected chi connectivity index (χ4v) is 5.81. The summed E-state index contributed by atoms with van der Waals surface area (Å²) in [5.41, 5.74) is 1.05. The van der Waals surface area contributed by atoms with Crippen molar-refractivity contribution in [3.8, 4) is 0 Å². The van der Waals surface area contributed by atoms with Crippen molar-refractivity contribution in [2.75, 3.05) is 0 Å². The van der Waals surface area contributed by atoms with Crippen LogP contribution < -0.4 is 0 Å². The van der Waals surface area contributed by atoms with Crippen LogP contribution in [0, 0.1) is 6.92 Å². The molecule has 1 nitrogen and oxygen atoms in total.